The van der Waals surface area contributed by atoms with Crippen molar-refractivity contribution in [2.45, 2.75) is 31.2 Å². The van der Waals surface area contributed by atoms with Crippen molar-refractivity contribution in [3.63, 3.8) is 0 Å². The van der Waals surface area contributed by atoms with Crippen LogP contribution in [0.25, 0.3) is 0 Å². The second-order valence-electron chi connectivity index (χ2n) is 4.45. The van der Waals surface area contributed by atoms with Gasteiger partial charge in [0.05, 0.1) is 11.2 Å². The van der Waals surface area contributed by atoms with E-state index in [0.717, 1.165) is 19.4 Å². The first-order valence-electron chi connectivity index (χ1n) is 5.07. The van der Waals surface area contributed by atoms with Gasteiger partial charge >= 0.3 is 0 Å². The van der Waals surface area contributed by atoms with Crippen molar-refractivity contribution in [1.82, 2.24) is 10.3 Å². The fourth-order valence-electron chi connectivity index (χ4n) is 2.68. The lowest BCUT2D eigenvalue weighted by Crippen LogP contribution is -2.51. The molecule has 2 aliphatic rings. The van der Waals surface area contributed by atoms with Gasteiger partial charge in [-0.2, -0.15) is 0 Å². The third-order valence-electron chi connectivity index (χ3n) is 3.68. The Morgan fingerprint density at radius 2 is 2.57 bits per heavy atom. The first-order chi connectivity index (χ1) is 6.72. The van der Waals surface area contributed by atoms with E-state index in [1.54, 1.807) is 11.3 Å². The van der Waals surface area contributed by atoms with Gasteiger partial charge < -0.3 is 5.32 Å². The molecule has 2 atom stereocenters. The molecule has 3 rings (SSSR count). The zero-order chi connectivity index (χ0) is 9.76. The van der Waals surface area contributed by atoms with Crippen LogP contribution in [0.2, 0.25) is 0 Å². The molecule has 1 N–H and O–H groups in total. The summed E-state index contributed by atoms with van der Waals surface area (Å²) in [5.41, 5.74) is 4.83. The minimum Gasteiger partial charge on any atom is -0.310 e. The lowest BCUT2D eigenvalue weighted by molar-refractivity contribution is 0.347. The zero-order valence-electron chi connectivity index (χ0n) is 8.34. The molecule has 2 heterocycles. The number of rotatable bonds is 0. The van der Waals surface area contributed by atoms with Crippen LogP contribution in [0.4, 0.5) is 0 Å². The minimum atomic E-state index is 0.199. The minimum absolute atomic E-state index is 0.199. The summed E-state index contributed by atoms with van der Waals surface area (Å²) in [6, 6.07) is 0.461. The van der Waals surface area contributed by atoms with E-state index in [1.807, 2.05) is 5.51 Å². The summed E-state index contributed by atoms with van der Waals surface area (Å²) < 4.78 is 0. The first kappa shape index (κ1) is 8.62. The molecule has 2 unspecified atom stereocenters. The zero-order valence-corrected chi connectivity index (χ0v) is 9.16. The Kier molecular flexibility index (Phi) is 1.65. The molecule has 1 aliphatic heterocycles. The predicted molar refractivity (Wildman–Crippen MR) is 58.7 cm³/mol. The number of fused-ring (bicyclic) bond motifs is 4. The summed E-state index contributed by atoms with van der Waals surface area (Å²) in [5, 5.41) is 3.52. The molecule has 0 amide bonds. The Morgan fingerprint density at radius 3 is 3.43 bits per heavy atom. The number of hydrogen-bond donors (Lipinski definition) is 1. The number of nitrogens with one attached hydrogen (secondary N) is 1. The van der Waals surface area contributed by atoms with E-state index < -0.39 is 0 Å². The van der Waals surface area contributed by atoms with E-state index in [0.29, 0.717) is 6.04 Å². The monoisotopic (exact) mass is 206 g/mol. The van der Waals surface area contributed by atoms with Gasteiger partial charge in [-0.3, -0.25) is 0 Å². The van der Waals surface area contributed by atoms with Crippen molar-refractivity contribution in [1.29, 1.82) is 0 Å². The first-order valence-corrected chi connectivity index (χ1v) is 5.95. The molecule has 74 valence electrons. The van der Waals surface area contributed by atoms with Gasteiger partial charge in [0.2, 0.25) is 0 Å². The quantitative estimate of drug-likeness (QED) is 0.656. The molecular formula is C11H14N2S. The number of hydrogen-bond acceptors (Lipinski definition) is 3. The van der Waals surface area contributed by atoms with Gasteiger partial charge in [0.1, 0.15) is 0 Å². The van der Waals surface area contributed by atoms with Crippen molar-refractivity contribution in [3.05, 3.63) is 28.2 Å². The van der Waals surface area contributed by atoms with Crippen LogP contribution < -0.4 is 5.32 Å². The van der Waals surface area contributed by atoms with Crippen molar-refractivity contribution >= 4 is 11.3 Å². The molecule has 1 aliphatic carbocycles. The third kappa shape index (κ3) is 0.916. The molecule has 2 bridgehead atoms. The van der Waals surface area contributed by atoms with Crippen molar-refractivity contribution in [3.8, 4) is 0 Å². The molecule has 1 aromatic heterocycles. The Labute approximate surface area is 88.1 Å². The molecule has 0 spiro atoms. The molecule has 14 heavy (non-hydrogen) atoms. The maximum absolute atomic E-state index is 4.46. The van der Waals surface area contributed by atoms with Crippen LogP contribution in [0, 0.1) is 0 Å². The Bertz CT molecular complexity index is 396. The Morgan fingerprint density at radius 1 is 1.71 bits per heavy atom. The van der Waals surface area contributed by atoms with Gasteiger partial charge in [-0.05, 0) is 18.5 Å². The molecule has 0 saturated carbocycles. The molecule has 1 fully saturated rings. The summed E-state index contributed by atoms with van der Waals surface area (Å²) in [7, 11) is 0. The summed E-state index contributed by atoms with van der Waals surface area (Å²) in [5.74, 6) is 0. The molecule has 3 heteroatoms. The number of aromatic nitrogens is 1. The largest absolute Gasteiger partial charge is 0.310 e. The van der Waals surface area contributed by atoms with E-state index in [-0.39, 0.29) is 5.41 Å². The molecular weight excluding hydrogens is 192 g/mol. The molecule has 1 saturated heterocycles. The maximum Gasteiger partial charge on any atom is 0.0798 e. The van der Waals surface area contributed by atoms with Crippen LogP contribution >= 0.6 is 11.3 Å². The van der Waals surface area contributed by atoms with Crippen LogP contribution in [0.5, 0.6) is 0 Å². The smallest absolute Gasteiger partial charge is 0.0798 e. The lowest BCUT2D eigenvalue weighted by Gasteiger charge is -2.44. The maximum atomic E-state index is 4.46. The van der Waals surface area contributed by atoms with E-state index in [9.17, 15) is 0 Å². The standard InChI is InChI=1S/C11H14N2S/c1-7-8-5-9-10(14-6-13-9)11(7,2)3-4-12-8/h6,8,12H,1,3-5H2,2H3. The van der Waals surface area contributed by atoms with Gasteiger partial charge in [-0.15, -0.1) is 11.3 Å². The van der Waals surface area contributed by atoms with E-state index >= 15 is 0 Å². The average molecular weight is 206 g/mol. The van der Waals surface area contributed by atoms with E-state index in [4.69, 9.17) is 0 Å². The van der Waals surface area contributed by atoms with Crippen molar-refractivity contribution in [2.24, 2.45) is 0 Å². The predicted octanol–water partition coefficient (Wildman–Crippen LogP) is 1.87. The highest BCUT2D eigenvalue weighted by atomic mass is 32.1. The SMILES string of the molecule is C=C1C2Cc3ncsc3C1(C)CCN2. The Balaban J connectivity index is 2.20. The normalized spacial score (nSPS) is 35.5. The molecule has 0 aromatic carbocycles. The number of piperidine rings is 1. The van der Waals surface area contributed by atoms with Crippen LogP contribution in [-0.4, -0.2) is 17.6 Å². The van der Waals surface area contributed by atoms with Crippen LogP contribution in [0.1, 0.15) is 23.9 Å². The van der Waals surface area contributed by atoms with Gasteiger partial charge in [-0.25, -0.2) is 4.98 Å². The number of thiazole rings is 1. The second-order valence-corrected chi connectivity index (χ2v) is 5.30. The van der Waals surface area contributed by atoms with Gasteiger partial charge in [0.25, 0.3) is 0 Å². The van der Waals surface area contributed by atoms with Crippen molar-refractivity contribution in [2.75, 3.05) is 6.54 Å². The Hall–Kier alpha value is -0.670. The highest BCUT2D eigenvalue weighted by molar-refractivity contribution is 7.10. The van der Waals surface area contributed by atoms with Crippen LogP contribution in [-0.2, 0) is 11.8 Å². The average Bonchev–Trinajstić information content (AvgIpc) is 2.59. The molecule has 1 aromatic rings. The van der Waals surface area contributed by atoms with Gasteiger partial charge in [0.15, 0.2) is 0 Å². The topological polar surface area (TPSA) is 24.9 Å². The highest BCUT2D eigenvalue weighted by Gasteiger charge is 2.43. The fraction of sp³-hybridized carbons (Fsp3) is 0.545. The van der Waals surface area contributed by atoms with Crippen LogP contribution in [0.3, 0.4) is 0 Å². The van der Waals surface area contributed by atoms with Crippen molar-refractivity contribution < 1.29 is 0 Å². The van der Waals surface area contributed by atoms with Crippen LogP contribution in [0.15, 0.2) is 17.7 Å². The summed E-state index contributed by atoms with van der Waals surface area (Å²) in [6.45, 7) is 7.69. The third-order valence-corrected chi connectivity index (χ3v) is 4.82. The lowest BCUT2D eigenvalue weighted by atomic mass is 9.68. The molecule has 0 radical (unpaired) electrons. The van der Waals surface area contributed by atoms with Gasteiger partial charge in [0, 0.05) is 22.8 Å². The second kappa shape index (κ2) is 2.67. The van der Waals surface area contributed by atoms with E-state index in [2.05, 4.69) is 23.8 Å². The summed E-state index contributed by atoms with van der Waals surface area (Å²) >= 11 is 1.80. The summed E-state index contributed by atoms with van der Waals surface area (Å²) in [6.07, 6.45) is 2.20. The summed E-state index contributed by atoms with van der Waals surface area (Å²) in [4.78, 5) is 5.91. The highest BCUT2D eigenvalue weighted by Crippen LogP contribution is 2.46. The van der Waals surface area contributed by atoms with Gasteiger partial charge in [-0.1, -0.05) is 13.5 Å². The fourth-order valence-corrected chi connectivity index (χ4v) is 3.73. The molecule has 2 nitrogen and oxygen atoms in total. The number of nitrogens with zero attached hydrogens (tertiary/aromatic N) is 1. The van der Waals surface area contributed by atoms with E-state index in [1.165, 1.54) is 16.1 Å².